The van der Waals surface area contributed by atoms with Gasteiger partial charge in [-0.25, -0.2) is 9.98 Å². The number of aliphatic imine (C=N–C) groups is 1. The lowest BCUT2D eigenvalue weighted by Gasteiger charge is -2.28. The maximum absolute atomic E-state index is 4.83. The number of aromatic nitrogens is 1. The molecule has 3 rings (SSSR count). The Kier molecular flexibility index (Phi) is 9.12. The van der Waals surface area contributed by atoms with Crippen LogP contribution in [0.15, 0.2) is 23.3 Å². The summed E-state index contributed by atoms with van der Waals surface area (Å²) in [5.74, 6) is 2.04. The smallest absolute Gasteiger partial charge is 0.191 e. The number of anilines is 1. The molecule has 1 aromatic heterocycles. The molecular weight excluding hydrogens is 449 g/mol. The highest BCUT2D eigenvalue weighted by Gasteiger charge is 2.31. The molecule has 1 aliphatic carbocycles. The second-order valence-corrected chi connectivity index (χ2v) is 7.83. The molecule has 152 valence electrons. The molecule has 6 heteroatoms. The van der Waals surface area contributed by atoms with Crippen LogP contribution in [0.4, 0.5) is 5.82 Å². The van der Waals surface area contributed by atoms with Crippen LogP contribution in [0.3, 0.4) is 0 Å². The van der Waals surface area contributed by atoms with Gasteiger partial charge in [-0.2, -0.15) is 0 Å². The van der Waals surface area contributed by atoms with E-state index in [4.69, 9.17) is 4.99 Å². The average molecular weight is 485 g/mol. The van der Waals surface area contributed by atoms with Gasteiger partial charge in [-0.15, -0.1) is 24.0 Å². The van der Waals surface area contributed by atoms with Crippen LogP contribution in [-0.2, 0) is 6.54 Å². The summed E-state index contributed by atoms with van der Waals surface area (Å²) in [6, 6.07) is 4.28. The first-order valence-electron chi connectivity index (χ1n) is 10.5. The predicted octanol–water partition coefficient (Wildman–Crippen LogP) is 4.33. The van der Waals surface area contributed by atoms with E-state index in [9.17, 15) is 0 Å². The van der Waals surface area contributed by atoms with E-state index in [-0.39, 0.29) is 24.0 Å². The largest absolute Gasteiger partial charge is 0.357 e. The average Bonchev–Trinajstić information content (AvgIpc) is 3.37. The highest BCUT2D eigenvalue weighted by molar-refractivity contribution is 14.0. The van der Waals surface area contributed by atoms with Gasteiger partial charge in [0.25, 0.3) is 0 Å². The lowest BCUT2D eigenvalue weighted by Crippen LogP contribution is -2.42. The number of nitrogens with one attached hydrogen (secondary N) is 2. The summed E-state index contributed by atoms with van der Waals surface area (Å²) in [5, 5.41) is 7.01. The third-order valence-electron chi connectivity index (χ3n) is 6.05. The zero-order chi connectivity index (χ0) is 18.2. The molecule has 0 aromatic carbocycles. The predicted molar refractivity (Wildman–Crippen MR) is 125 cm³/mol. The van der Waals surface area contributed by atoms with Crippen LogP contribution in [0.25, 0.3) is 0 Å². The van der Waals surface area contributed by atoms with Gasteiger partial charge in [-0.3, -0.25) is 0 Å². The highest BCUT2D eigenvalue weighted by atomic mass is 127. The lowest BCUT2D eigenvalue weighted by atomic mass is 9.83. The van der Waals surface area contributed by atoms with Gasteiger partial charge < -0.3 is 15.5 Å². The van der Waals surface area contributed by atoms with Crippen LogP contribution in [0.2, 0.25) is 0 Å². The van der Waals surface area contributed by atoms with Gasteiger partial charge in [-0.05, 0) is 62.1 Å². The summed E-state index contributed by atoms with van der Waals surface area (Å²) >= 11 is 0. The van der Waals surface area contributed by atoms with Crippen LogP contribution in [0.5, 0.6) is 0 Å². The SMILES string of the molecule is CCNC(=NCc1ccnc(N2CCCC2)c1)NCC1(CC)CCCC1.I. The molecule has 2 fully saturated rings. The highest BCUT2D eigenvalue weighted by Crippen LogP contribution is 2.40. The number of pyridine rings is 1. The van der Waals surface area contributed by atoms with Gasteiger partial charge in [0, 0.05) is 32.4 Å². The van der Waals surface area contributed by atoms with Crippen molar-refractivity contribution in [1.82, 2.24) is 15.6 Å². The van der Waals surface area contributed by atoms with Crippen LogP contribution in [0.1, 0.15) is 64.4 Å². The molecular formula is C21H36IN5. The minimum absolute atomic E-state index is 0. The van der Waals surface area contributed by atoms with Crippen LogP contribution in [-0.4, -0.2) is 37.1 Å². The first-order valence-corrected chi connectivity index (χ1v) is 10.5. The van der Waals surface area contributed by atoms with Crippen LogP contribution >= 0.6 is 24.0 Å². The number of hydrogen-bond donors (Lipinski definition) is 2. The fourth-order valence-electron chi connectivity index (χ4n) is 4.24. The molecule has 1 saturated carbocycles. The Hall–Kier alpha value is -1.05. The van der Waals surface area contributed by atoms with E-state index in [2.05, 4.69) is 46.5 Å². The van der Waals surface area contributed by atoms with Crippen molar-refractivity contribution < 1.29 is 0 Å². The van der Waals surface area contributed by atoms with E-state index in [0.29, 0.717) is 12.0 Å². The van der Waals surface area contributed by atoms with E-state index in [1.165, 1.54) is 50.5 Å². The van der Waals surface area contributed by atoms with Gasteiger partial charge in [0.05, 0.1) is 6.54 Å². The Balaban J connectivity index is 0.00000261. The number of guanidine groups is 1. The Morgan fingerprint density at radius 2 is 1.89 bits per heavy atom. The first-order chi connectivity index (χ1) is 12.7. The second-order valence-electron chi connectivity index (χ2n) is 7.83. The maximum atomic E-state index is 4.83. The molecule has 1 aromatic rings. The molecule has 0 unspecified atom stereocenters. The number of nitrogens with zero attached hydrogens (tertiary/aromatic N) is 3. The van der Waals surface area contributed by atoms with Crippen molar-refractivity contribution in [1.29, 1.82) is 0 Å². The Morgan fingerprint density at radius 3 is 2.56 bits per heavy atom. The zero-order valence-electron chi connectivity index (χ0n) is 17.0. The minimum atomic E-state index is 0. The van der Waals surface area contributed by atoms with E-state index >= 15 is 0 Å². The van der Waals surface area contributed by atoms with E-state index in [1.807, 2.05) is 6.20 Å². The van der Waals surface area contributed by atoms with Gasteiger partial charge in [0.15, 0.2) is 5.96 Å². The first kappa shape index (κ1) is 22.2. The Bertz CT molecular complexity index is 592. The summed E-state index contributed by atoms with van der Waals surface area (Å²) in [5.41, 5.74) is 1.70. The van der Waals surface area contributed by atoms with Gasteiger partial charge in [0.1, 0.15) is 5.82 Å². The topological polar surface area (TPSA) is 52.6 Å². The third-order valence-corrected chi connectivity index (χ3v) is 6.05. The fourth-order valence-corrected chi connectivity index (χ4v) is 4.24. The number of rotatable bonds is 7. The van der Waals surface area contributed by atoms with Crippen molar-refractivity contribution in [3.8, 4) is 0 Å². The quantitative estimate of drug-likeness (QED) is 0.343. The summed E-state index contributed by atoms with van der Waals surface area (Å²) in [4.78, 5) is 11.7. The molecule has 1 saturated heterocycles. The molecule has 0 radical (unpaired) electrons. The van der Waals surface area contributed by atoms with E-state index < -0.39 is 0 Å². The lowest BCUT2D eigenvalue weighted by molar-refractivity contribution is 0.283. The van der Waals surface area contributed by atoms with Crippen molar-refractivity contribution in [2.45, 2.75) is 65.3 Å². The zero-order valence-corrected chi connectivity index (χ0v) is 19.3. The summed E-state index contributed by atoms with van der Waals surface area (Å²) < 4.78 is 0. The standard InChI is InChI=1S/C21H35N5.HI/c1-3-21(10-5-6-11-21)17-25-20(22-4-2)24-16-18-9-12-23-19(15-18)26-13-7-8-14-26;/h9,12,15H,3-8,10-11,13-14,16-17H2,1-2H3,(H2,22,24,25);1H. The molecule has 2 aliphatic rings. The Morgan fingerprint density at radius 1 is 1.15 bits per heavy atom. The van der Waals surface area contributed by atoms with Gasteiger partial charge in [0.2, 0.25) is 0 Å². The van der Waals surface area contributed by atoms with Crippen LogP contribution in [0, 0.1) is 5.41 Å². The van der Waals surface area contributed by atoms with Crippen molar-refractivity contribution in [2.75, 3.05) is 31.1 Å². The third kappa shape index (κ3) is 6.22. The molecule has 5 nitrogen and oxygen atoms in total. The molecule has 2 heterocycles. The molecule has 0 bridgehead atoms. The summed E-state index contributed by atoms with van der Waals surface area (Å²) in [6.07, 6.45) is 11.2. The second kappa shape index (κ2) is 11.1. The van der Waals surface area contributed by atoms with E-state index in [1.54, 1.807) is 0 Å². The summed E-state index contributed by atoms with van der Waals surface area (Å²) in [7, 11) is 0. The van der Waals surface area contributed by atoms with Crippen LogP contribution < -0.4 is 15.5 Å². The molecule has 2 N–H and O–H groups in total. The Labute approximate surface area is 181 Å². The normalized spacial score (nSPS) is 19.0. The monoisotopic (exact) mass is 485 g/mol. The molecule has 0 atom stereocenters. The number of hydrogen-bond acceptors (Lipinski definition) is 3. The van der Waals surface area contributed by atoms with Crippen molar-refractivity contribution in [2.24, 2.45) is 10.4 Å². The van der Waals surface area contributed by atoms with Crippen molar-refractivity contribution in [3.63, 3.8) is 0 Å². The number of halogens is 1. The molecule has 0 amide bonds. The van der Waals surface area contributed by atoms with Crippen molar-refractivity contribution in [3.05, 3.63) is 23.9 Å². The minimum Gasteiger partial charge on any atom is -0.357 e. The molecule has 0 spiro atoms. The van der Waals surface area contributed by atoms with E-state index in [0.717, 1.165) is 38.0 Å². The molecule has 1 aliphatic heterocycles. The van der Waals surface area contributed by atoms with Gasteiger partial charge in [-0.1, -0.05) is 19.8 Å². The summed E-state index contributed by atoms with van der Waals surface area (Å²) in [6.45, 7) is 9.32. The maximum Gasteiger partial charge on any atom is 0.191 e. The van der Waals surface area contributed by atoms with Gasteiger partial charge >= 0.3 is 0 Å². The fraction of sp³-hybridized carbons (Fsp3) is 0.714. The van der Waals surface area contributed by atoms with Crippen molar-refractivity contribution >= 4 is 35.8 Å². The molecule has 27 heavy (non-hydrogen) atoms.